The Morgan fingerprint density at radius 1 is 1.50 bits per heavy atom. The highest BCUT2D eigenvalue weighted by atomic mass is 13.9. The number of rotatable bonds is 3. The van der Waals surface area contributed by atoms with Gasteiger partial charge in [-0.05, 0) is 12.8 Å². The van der Waals surface area contributed by atoms with Crippen LogP contribution in [-0.4, -0.2) is 0 Å². The molecular weight excluding hydrogens is 120 g/mol. The summed E-state index contributed by atoms with van der Waals surface area (Å²) in [6.07, 6.45) is 5.17. The van der Waals surface area contributed by atoms with Crippen LogP contribution in [0.15, 0.2) is 12.7 Å². The molecule has 0 aliphatic rings. The zero-order chi connectivity index (χ0) is 7.82. The third kappa shape index (κ3) is 4.21. The van der Waals surface area contributed by atoms with Gasteiger partial charge in [-0.1, -0.05) is 25.8 Å². The molecule has 0 aromatic carbocycles. The zero-order valence-corrected chi connectivity index (χ0v) is 6.98. The summed E-state index contributed by atoms with van der Waals surface area (Å²) in [5.74, 6) is 6.68. The van der Waals surface area contributed by atoms with Crippen LogP contribution in [0.2, 0.25) is 0 Å². The van der Waals surface area contributed by atoms with Crippen molar-refractivity contribution in [3.8, 4) is 11.8 Å². The van der Waals surface area contributed by atoms with Crippen molar-refractivity contribution in [2.45, 2.75) is 33.1 Å². The van der Waals surface area contributed by atoms with Gasteiger partial charge >= 0.3 is 0 Å². The molecule has 0 heterocycles. The van der Waals surface area contributed by atoms with Crippen LogP contribution < -0.4 is 0 Å². The Morgan fingerprint density at radius 3 is 2.60 bits per heavy atom. The van der Waals surface area contributed by atoms with Gasteiger partial charge < -0.3 is 0 Å². The molecule has 0 fully saturated rings. The van der Waals surface area contributed by atoms with Crippen molar-refractivity contribution in [2.24, 2.45) is 5.92 Å². The molecule has 0 aliphatic heterocycles. The molecule has 56 valence electrons. The van der Waals surface area contributed by atoms with E-state index in [-0.39, 0.29) is 0 Å². The predicted molar refractivity (Wildman–Crippen MR) is 46.7 cm³/mol. The fourth-order valence-electron chi connectivity index (χ4n) is 0.656. The summed E-state index contributed by atoms with van der Waals surface area (Å²) in [4.78, 5) is 0. The van der Waals surface area contributed by atoms with Gasteiger partial charge in [-0.3, -0.25) is 0 Å². The molecule has 1 atom stereocenters. The van der Waals surface area contributed by atoms with Crippen molar-refractivity contribution in [1.29, 1.82) is 0 Å². The molecule has 0 amide bonds. The van der Waals surface area contributed by atoms with Crippen molar-refractivity contribution in [3.05, 3.63) is 12.7 Å². The Kier molecular flexibility index (Phi) is 5.97. The third-order valence-electron chi connectivity index (χ3n) is 1.39. The summed E-state index contributed by atoms with van der Waals surface area (Å²) < 4.78 is 0. The summed E-state index contributed by atoms with van der Waals surface area (Å²) in [5.41, 5.74) is 0. The Morgan fingerprint density at radius 2 is 2.20 bits per heavy atom. The quantitative estimate of drug-likeness (QED) is 0.413. The molecule has 0 radical (unpaired) electrons. The van der Waals surface area contributed by atoms with Gasteiger partial charge in [-0.2, -0.15) is 0 Å². The van der Waals surface area contributed by atoms with E-state index in [4.69, 9.17) is 0 Å². The van der Waals surface area contributed by atoms with E-state index in [0.717, 1.165) is 19.3 Å². The van der Waals surface area contributed by atoms with Gasteiger partial charge in [0.2, 0.25) is 0 Å². The fraction of sp³-hybridized carbons (Fsp3) is 0.600. The lowest BCUT2D eigenvalue weighted by Crippen LogP contribution is -1.86. The van der Waals surface area contributed by atoms with Crippen LogP contribution in [0.25, 0.3) is 0 Å². The maximum Gasteiger partial charge on any atom is 0.0377 e. The average molecular weight is 136 g/mol. The Labute approximate surface area is 64.3 Å². The molecular formula is C10H16. The molecule has 0 aromatic rings. The van der Waals surface area contributed by atoms with E-state index in [1.54, 1.807) is 0 Å². The molecule has 0 spiro atoms. The highest BCUT2D eigenvalue weighted by molar-refractivity contribution is 5.08. The molecule has 0 aliphatic carbocycles. The zero-order valence-electron chi connectivity index (χ0n) is 6.98. The van der Waals surface area contributed by atoms with Crippen LogP contribution in [0, 0.1) is 17.8 Å². The van der Waals surface area contributed by atoms with E-state index >= 15 is 0 Å². The van der Waals surface area contributed by atoms with Gasteiger partial charge in [-0.25, -0.2) is 0 Å². The summed E-state index contributed by atoms with van der Waals surface area (Å²) in [6.45, 7) is 7.98. The fourth-order valence-corrected chi connectivity index (χ4v) is 0.656. The van der Waals surface area contributed by atoms with Crippen LogP contribution in [-0.2, 0) is 0 Å². The van der Waals surface area contributed by atoms with E-state index in [1.165, 1.54) is 0 Å². The Balaban J connectivity index is 3.63. The van der Waals surface area contributed by atoms with Gasteiger partial charge in [0, 0.05) is 12.3 Å². The number of hydrogen-bond donors (Lipinski definition) is 0. The molecule has 0 saturated carbocycles. The predicted octanol–water partition coefficient (Wildman–Crippen LogP) is 3.00. The smallest absolute Gasteiger partial charge is 0.0377 e. The second kappa shape index (κ2) is 6.42. The molecule has 0 N–H and O–H groups in total. The first-order valence-electron chi connectivity index (χ1n) is 3.96. The topological polar surface area (TPSA) is 0 Å². The van der Waals surface area contributed by atoms with E-state index in [1.807, 2.05) is 6.08 Å². The monoisotopic (exact) mass is 136 g/mol. The van der Waals surface area contributed by atoms with E-state index < -0.39 is 0 Å². The highest BCUT2D eigenvalue weighted by Crippen LogP contribution is 2.00. The standard InChI is InChI=1S/C10H16/c1-4-7-8-9-10(5-2)6-3/h5,10H,2,4,6-7H2,1,3H3. The maximum absolute atomic E-state index is 3.71. The van der Waals surface area contributed by atoms with E-state index in [9.17, 15) is 0 Å². The first-order valence-corrected chi connectivity index (χ1v) is 3.96. The molecule has 10 heavy (non-hydrogen) atoms. The first kappa shape index (κ1) is 9.30. The molecule has 1 unspecified atom stereocenters. The molecule has 0 aromatic heterocycles. The summed E-state index contributed by atoms with van der Waals surface area (Å²) in [5, 5.41) is 0. The molecule has 0 heteroatoms. The molecule has 0 bridgehead atoms. The lowest BCUT2D eigenvalue weighted by atomic mass is 10.1. The molecule has 0 rings (SSSR count). The van der Waals surface area contributed by atoms with Crippen LogP contribution in [0.3, 0.4) is 0 Å². The van der Waals surface area contributed by atoms with Crippen molar-refractivity contribution in [3.63, 3.8) is 0 Å². The number of hydrogen-bond acceptors (Lipinski definition) is 0. The third-order valence-corrected chi connectivity index (χ3v) is 1.39. The van der Waals surface area contributed by atoms with E-state index in [0.29, 0.717) is 5.92 Å². The first-order chi connectivity index (χ1) is 4.85. The van der Waals surface area contributed by atoms with Crippen LogP contribution in [0.1, 0.15) is 33.1 Å². The van der Waals surface area contributed by atoms with Gasteiger partial charge in [0.1, 0.15) is 0 Å². The minimum absolute atomic E-state index is 0.409. The van der Waals surface area contributed by atoms with Crippen molar-refractivity contribution in [2.75, 3.05) is 0 Å². The second-order valence-electron chi connectivity index (χ2n) is 2.32. The minimum atomic E-state index is 0.409. The minimum Gasteiger partial charge on any atom is -0.103 e. The van der Waals surface area contributed by atoms with Gasteiger partial charge in [0.05, 0.1) is 0 Å². The van der Waals surface area contributed by atoms with Crippen molar-refractivity contribution < 1.29 is 0 Å². The van der Waals surface area contributed by atoms with E-state index in [2.05, 4.69) is 32.3 Å². The van der Waals surface area contributed by atoms with Crippen LogP contribution in [0.4, 0.5) is 0 Å². The lowest BCUT2D eigenvalue weighted by molar-refractivity contribution is 0.800. The van der Waals surface area contributed by atoms with Crippen molar-refractivity contribution in [1.82, 2.24) is 0 Å². The lowest BCUT2D eigenvalue weighted by Gasteiger charge is -1.95. The number of unbranched alkanes of at least 4 members (excludes halogenated alkanes) is 1. The highest BCUT2D eigenvalue weighted by Gasteiger charge is 1.90. The Hall–Kier alpha value is -0.700. The van der Waals surface area contributed by atoms with Crippen LogP contribution >= 0.6 is 0 Å². The van der Waals surface area contributed by atoms with Gasteiger partial charge in [0.15, 0.2) is 0 Å². The number of allylic oxidation sites excluding steroid dienone is 1. The SMILES string of the molecule is C=CC(C#CCCC)CC. The molecule has 0 saturated heterocycles. The second-order valence-corrected chi connectivity index (χ2v) is 2.32. The van der Waals surface area contributed by atoms with Gasteiger partial charge in [-0.15, -0.1) is 12.5 Å². The molecule has 0 nitrogen and oxygen atoms in total. The summed E-state index contributed by atoms with van der Waals surface area (Å²) in [7, 11) is 0. The van der Waals surface area contributed by atoms with Crippen molar-refractivity contribution >= 4 is 0 Å². The van der Waals surface area contributed by atoms with Gasteiger partial charge in [0.25, 0.3) is 0 Å². The largest absolute Gasteiger partial charge is 0.103 e. The Bertz CT molecular complexity index is 134. The normalized spacial score (nSPS) is 11.4. The maximum atomic E-state index is 3.71. The average Bonchev–Trinajstić information content (AvgIpc) is 1.99. The summed E-state index contributed by atoms with van der Waals surface area (Å²) >= 11 is 0. The summed E-state index contributed by atoms with van der Waals surface area (Å²) in [6, 6.07) is 0. The van der Waals surface area contributed by atoms with Crippen LogP contribution in [0.5, 0.6) is 0 Å².